The number of hydrogen-bond donors (Lipinski definition) is 1. The number of carbonyl (C=O) groups excluding carboxylic acids is 2. The molecule has 1 unspecified atom stereocenters. The maximum atomic E-state index is 11.4. The lowest BCUT2D eigenvalue weighted by Crippen LogP contribution is -2.26. The number of carbonyl (C=O) groups is 2. The first-order valence-corrected chi connectivity index (χ1v) is 4.10. The van der Waals surface area contributed by atoms with E-state index in [2.05, 4.69) is 5.32 Å². The van der Waals surface area contributed by atoms with Gasteiger partial charge in [0.2, 0.25) is 5.91 Å². The third-order valence-electron chi connectivity index (χ3n) is 2.37. The van der Waals surface area contributed by atoms with Crippen LogP contribution in [0.15, 0.2) is 0 Å². The lowest BCUT2D eigenvalue weighted by atomic mass is 9.99. The average Bonchev–Trinajstić information content (AvgIpc) is 2.74. The Morgan fingerprint density at radius 2 is 2.09 bits per heavy atom. The predicted molar refractivity (Wildman–Crippen MR) is 38.8 cm³/mol. The molecule has 2 aliphatic rings. The fourth-order valence-electron chi connectivity index (χ4n) is 1.52. The molecule has 60 valence electrons. The number of nitrogens with one attached hydrogen (secondary N) is 1. The van der Waals surface area contributed by atoms with Crippen molar-refractivity contribution in [2.45, 2.75) is 19.3 Å². The maximum Gasteiger partial charge on any atom is 0.230 e. The van der Waals surface area contributed by atoms with Gasteiger partial charge in [0.25, 0.3) is 0 Å². The molecule has 1 aliphatic carbocycles. The molecule has 0 aromatic carbocycles. The minimum absolute atomic E-state index is 0.0538. The van der Waals surface area contributed by atoms with Crippen LogP contribution in [-0.4, -0.2) is 18.2 Å². The van der Waals surface area contributed by atoms with E-state index in [1.165, 1.54) is 0 Å². The molecule has 11 heavy (non-hydrogen) atoms. The summed E-state index contributed by atoms with van der Waals surface area (Å²) < 4.78 is 0. The van der Waals surface area contributed by atoms with Crippen molar-refractivity contribution < 1.29 is 9.59 Å². The smallest absolute Gasteiger partial charge is 0.230 e. The van der Waals surface area contributed by atoms with Gasteiger partial charge in [-0.05, 0) is 19.3 Å². The quantitative estimate of drug-likeness (QED) is 0.572. The van der Waals surface area contributed by atoms with Crippen LogP contribution in [0.2, 0.25) is 0 Å². The van der Waals surface area contributed by atoms with Crippen LogP contribution in [0.5, 0.6) is 0 Å². The molecule has 3 heteroatoms. The van der Waals surface area contributed by atoms with Crippen LogP contribution in [0.3, 0.4) is 0 Å². The Bertz CT molecular complexity index is 208. The summed E-state index contributed by atoms with van der Waals surface area (Å²) in [5, 5.41) is 2.67. The van der Waals surface area contributed by atoms with Crippen LogP contribution in [-0.2, 0) is 9.59 Å². The summed E-state index contributed by atoms with van der Waals surface area (Å²) in [4.78, 5) is 22.4. The fraction of sp³-hybridized carbons (Fsp3) is 0.750. The zero-order chi connectivity index (χ0) is 7.84. The summed E-state index contributed by atoms with van der Waals surface area (Å²) >= 11 is 0. The van der Waals surface area contributed by atoms with E-state index in [0.717, 1.165) is 12.8 Å². The second kappa shape index (κ2) is 2.32. The lowest BCUT2D eigenvalue weighted by Gasteiger charge is -2.02. The molecule has 1 saturated carbocycles. The first kappa shape index (κ1) is 6.83. The number of amides is 1. The van der Waals surface area contributed by atoms with Crippen LogP contribution >= 0.6 is 0 Å². The zero-order valence-electron chi connectivity index (χ0n) is 6.30. The second-order valence-corrected chi connectivity index (χ2v) is 3.31. The van der Waals surface area contributed by atoms with Gasteiger partial charge in [-0.2, -0.15) is 0 Å². The van der Waals surface area contributed by atoms with E-state index < -0.39 is 0 Å². The summed E-state index contributed by atoms with van der Waals surface area (Å²) in [6.07, 6.45) is 2.72. The van der Waals surface area contributed by atoms with E-state index in [-0.39, 0.29) is 23.5 Å². The molecule has 0 aromatic heterocycles. The van der Waals surface area contributed by atoms with Gasteiger partial charge in [0.15, 0.2) is 0 Å². The second-order valence-electron chi connectivity index (χ2n) is 3.31. The highest BCUT2D eigenvalue weighted by molar-refractivity contribution is 6.04. The zero-order valence-corrected chi connectivity index (χ0v) is 6.30. The van der Waals surface area contributed by atoms with Crippen molar-refractivity contribution >= 4 is 11.7 Å². The summed E-state index contributed by atoms with van der Waals surface area (Å²) in [6, 6.07) is 0. The third kappa shape index (κ3) is 1.15. The minimum atomic E-state index is -0.303. The van der Waals surface area contributed by atoms with Gasteiger partial charge < -0.3 is 5.32 Å². The summed E-state index contributed by atoms with van der Waals surface area (Å²) in [6.45, 7) is 0.682. The number of ketones is 1. The molecule has 1 amide bonds. The maximum absolute atomic E-state index is 11.4. The Labute approximate surface area is 65.2 Å². The van der Waals surface area contributed by atoms with E-state index in [9.17, 15) is 9.59 Å². The van der Waals surface area contributed by atoms with Gasteiger partial charge in [-0.15, -0.1) is 0 Å². The van der Waals surface area contributed by atoms with Gasteiger partial charge >= 0.3 is 0 Å². The Hall–Kier alpha value is -0.860. The van der Waals surface area contributed by atoms with Crippen molar-refractivity contribution in [3.63, 3.8) is 0 Å². The highest BCUT2D eigenvalue weighted by Crippen LogP contribution is 2.33. The molecule has 1 heterocycles. The molecule has 1 aliphatic heterocycles. The van der Waals surface area contributed by atoms with Crippen LogP contribution in [0, 0.1) is 11.8 Å². The van der Waals surface area contributed by atoms with Crippen molar-refractivity contribution in [2.24, 2.45) is 11.8 Å². The first-order valence-electron chi connectivity index (χ1n) is 4.10. The molecule has 3 nitrogen and oxygen atoms in total. The van der Waals surface area contributed by atoms with E-state index in [0.29, 0.717) is 13.0 Å². The topological polar surface area (TPSA) is 46.2 Å². The molecule has 1 N–H and O–H groups in total. The summed E-state index contributed by atoms with van der Waals surface area (Å²) in [5.74, 6) is 0.0493. The van der Waals surface area contributed by atoms with Gasteiger partial charge in [0.1, 0.15) is 5.78 Å². The number of hydrogen-bond acceptors (Lipinski definition) is 2. The number of rotatable bonds is 2. The van der Waals surface area contributed by atoms with Crippen molar-refractivity contribution in [1.82, 2.24) is 5.32 Å². The summed E-state index contributed by atoms with van der Waals surface area (Å²) in [5.41, 5.74) is 0. The Morgan fingerprint density at radius 3 is 2.55 bits per heavy atom. The molecule has 2 fully saturated rings. The normalized spacial score (nSPS) is 30.2. The Kier molecular flexibility index (Phi) is 1.44. The molecule has 0 spiro atoms. The van der Waals surface area contributed by atoms with Crippen LogP contribution in [0.25, 0.3) is 0 Å². The standard InChI is InChI=1S/C8H11NO2/c10-7(5-1-2-5)6-3-4-9-8(6)11/h5-6H,1-4H2,(H,9,11). The lowest BCUT2D eigenvalue weighted by molar-refractivity contribution is -0.132. The predicted octanol–water partition coefficient (Wildman–Crippen LogP) is 0.102. The van der Waals surface area contributed by atoms with Gasteiger partial charge in [-0.3, -0.25) is 9.59 Å². The van der Waals surface area contributed by atoms with Gasteiger partial charge in [-0.1, -0.05) is 0 Å². The monoisotopic (exact) mass is 153 g/mol. The number of Topliss-reactive ketones (excluding diaryl/α,β-unsaturated/α-hetero) is 1. The van der Waals surface area contributed by atoms with Crippen molar-refractivity contribution in [3.05, 3.63) is 0 Å². The Balaban J connectivity index is 2.02. The first-order chi connectivity index (χ1) is 5.29. The van der Waals surface area contributed by atoms with Gasteiger partial charge in [0.05, 0.1) is 5.92 Å². The largest absolute Gasteiger partial charge is 0.355 e. The van der Waals surface area contributed by atoms with Gasteiger partial charge in [-0.25, -0.2) is 0 Å². The summed E-state index contributed by atoms with van der Waals surface area (Å²) in [7, 11) is 0. The molecule has 0 aromatic rings. The third-order valence-corrected chi connectivity index (χ3v) is 2.37. The van der Waals surface area contributed by atoms with Crippen molar-refractivity contribution in [1.29, 1.82) is 0 Å². The van der Waals surface area contributed by atoms with E-state index in [1.54, 1.807) is 0 Å². The molecule has 2 rings (SSSR count). The van der Waals surface area contributed by atoms with Gasteiger partial charge in [0, 0.05) is 12.5 Å². The van der Waals surface area contributed by atoms with Crippen molar-refractivity contribution in [3.8, 4) is 0 Å². The highest BCUT2D eigenvalue weighted by atomic mass is 16.2. The van der Waals surface area contributed by atoms with E-state index in [4.69, 9.17) is 0 Å². The van der Waals surface area contributed by atoms with Crippen molar-refractivity contribution in [2.75, 3.05) is 6.54 Å². The molecular formula is C8H11NO2. The minimum Gasteiger partial charge on any atom is -0.355 e. The average molecular weight is 153 g/mol. The van der Waals surface area contributed by atoms with E-state index >= 15 is 0 Å². The van der Waals surface area contributed by atoms with Crippen LogP contribution < -0.4 is 5.32 Å². The highest BCUT2D eigenvalue weighted by Gasteiger charge is 2.39. The molecule has 0 radical (unpaired) electrons. The van der Waals surface area contributed by atoms with Crippen LogP contribution in [0.4, 0.5) is 0 Å². The molecule has 1 saturated heterocycles. The SMILES string of the molecule is O=C1NCCC1C(=O)C1CC1. The molecule has 0 bridgehead atoms. The molecule has 1 atom stereocenters. The molecular weight excluding hydrogens is 142 g/mol. The fourth-order valence-corrected chi connectivity index (χ4v) is 1.52. The van der Waals surface area contributed by atoms with E-state index in [1.807, 2.05) is 0 Å². The Morgan fingerprint density at radius 1 is 1.36 bits per heavy atom. The van der Waals surface area contributed by atoms with Crippen LogP contribution in [0.1, 0.15) is 19.3 Å².